The standard InChI is InChI=1S/C13H18N6O5S2.O3S/c1-25(20,21)15-7-3-6-11-17-12(14)19-13(18-11)16-9-4-2-5-10(8-9)26(22,23)24;1-4(2)3/h2,4-5,8,15H,3,6-7H2,1H3,(H,22,23,24)(H3,14,16,17,18,19);. The monoisotopic (exact) mass is 482 g/mol. The molecule has 0 unspecified atom stereocenters. The third kappa shape index (κ3) is 10.7. The van der Waals surface area contributed by atoms with E-state index in [1.54, 1.807) is 6.07 Å². The molecular formula is C13H18N6O8S3. The van der Waals surface area contributed by atoms with E-state index in [-0.39, 0.29) is 23.3 Å². The van der Waals surface area contributed by atoms with Crippen molar-refractivity contribution in [3.8, 4) is 0 Å². The summed E-state index contributed by atoms with van der Waals surface area (Å²) in [7, 11) is -10.7. The fourth-order valence-electron chi connectivity index (χ4n) is 1.97. The number of nitrogen functional groups attached to an aromatic ring is 1. The minimum absolute atomic E-state index is 0.0421. The van der Waals surface area contributed by atoms with Crippen LogP contribution in [-0.2, 0) is 37.2 Å². The average molecular weight is 483 g/mol. The molecule has 0 radical (unpaired) electrons. The summed E-state index contributed by atoms with van der Waals surface area (Å²) in [5.41, 5.74) is 5.97. The number of aryl methyl sites for hydroxylation is 1. The first-order valence-electron chi connectivity index (χ1n) is 7.82. The maximum atomic E-state index is 11.2. The van der Waals surface area contributed by atoms with Crippen LogP contribution >= 0.6 is 0 Å². The van der Waals surface area contributed by atoms with Gasteiger partial charge in [0.2, 0.25) is 21.9 Å². The lowest BCUT2D eigenvalue weighted by Gasteiger charge is -2.08. The van der Waals surface area contributed by atoms with Crippen LogP contribution in [0.4, 0.5) is 17.6 Å². The van der Waals surface area contributed by atoms with Crippen molar-refractivity contribution in [1.29, 1.82) is 0 Å². The number of nitrogens with one attached hydrogen (secondary N) is 2. The highest BCUT2D eigenvalue weighted by molar-refractivity contribution is 7.88. The molecule has 2 aromatic rings. The minimum atomic E-state index is -4.33. The number of benzene rings is 1. The Labute approximate surface area is 173 Å². The Balaban J connectivity index is 0.00000103. The molecule has 0 atom stereocenters. The summed E-state index contributed by atoms with van der Waals surface area (Å²) in [5, 5.41) is 2.78. The number of nitrogens with zero attached hydrogens (tertiary/aromatic N) is 3. The predicted octanol–water partition coefficient (Wildman–Crippen LogP) is -1.08. The zero-order valence-electron chi connectivity index (χ0n) is 15.4. The van der Waals surface area contributed by atoms with E-state index in [0.29, 0.717) is 24.4 Å². The lowest BCUT2D eigenvalue weighted by atomic mass is 10.3. The van der Waals surface area contributed by atoms with E-state index in [0.717, 1.165) is 6.26 Å². The second kappa shape index (κ2) is 10.9. The Kier molecular flexibility index (Phi) is 9.18. The molecule has 166 valence electrons. The topological polar surface area (TPSA) is 228 Å². The highest BCUT2D eigenvalue weighted by atomic mass is 32.2. The molecule has 0 aliphatic carbocycles. The molecular weight excluding hydrogens is 464 g/mol. The van der Waals surface area contributed by atoms with Gasteiger partial charge in [-0.1, -0.05) is 6.07 Å². The Bertz CT molecular complexity index is 1190. The van der Waals surface area contributed by atoms with E-state index in [1.165, 1.54) is 18.2 Å². The largest absolute Gasteiger partial charge is 0.425 e. The van der Waals surface area contributed by atoms with Gasteiger partial charge in [0.15, 0.2) is 0 Å². The maximum Gasteiger partial charge on any atom is 0.425 e. The van der Waals surface area contributed by atoms with Gasteiger partial charge in [0.25, 0.3) is 10.1 Å². The van der Waals surface area contributed by atoms with Crippen LogP contribution in [0, 0.1) is 0 Å². The molecule has 30 heavy (non-hydrogen) atoms. The van der Waals surface area contributed by atoms with Crippen LogP contribution in [-0.4, -0.2) is 61.8 Å². The Morgan fingerprint density at radius 2 is 1.73 bits per heavy atom. The summed E-state index contributed by atoms with van der Waals surface area (Å²) < 4.78 is 81.1. The van der Waals surface area contributed by atoms with Crippen LogP contribution in [0.5, 0.6) is 0 Å². The molecule has 2 rings (SSSR count). The number of nitrogens with two attached hydrogens (primary N) is 1. The molecule has 0 fully saturated rings. The van der Waals surface area contributed by atoms with E-state index in [2.05, 4.69) is 25.0 Å². The Hall–Kier alpha value is -2.73. The normalized spacial score (nSPS) is 11.3. The van der Waals surface area contributed by atoms with E-state index in [1.807, 2.05) is 0 Å². The minimum Gasteiger partial charge on any atom is -0.368 e. The van der Waals surface area contributed by atoms with E-state index < -0.39 is 30.8 Å². The fraction of sp³-hybridized carbons (Fsp3) is 0.308. The SMILES string of the molecule is CS(=O)(=O)NCCCc1nc(N)nc(Nc2cccc(S(=O)(=O)O)c2)n1.O=S(=O)=O. The first kappa shape index (κ1) is 25.3. The van der Waals surface area contributed by atoms with Gasteiger partial charge in [-0.15, -0.1) is 12.6 Å². The van der Waals surface area contributed by atoms with Gasteiger partial charge in [-0.3, -0.25) is 4.55 Å². The van der Waals surface area contributed by atoms with Crippen molar-refractivity contribution >= 4 is 48.3 Å². The van der Waals surface area contributed by atoms with Crippen molar-refractivity contribution < 1.29 is 34.0 Å². The number of hydrogen-bond acceptors (Lipinski definition) is 12. The van der Waals surface area contributed by atoms with E-state index >= 15 is 0 Å². The lowest BCUT2D eigenvalue weighted by molar-refractivity contribution is 0.483. The summed E-state index contributed by atoms with van der Waals surface area (Å²) in [6.45, 7) is 0.226. The first-order chi connectivity index (χ1) is 13.8. The Morgan fingerprint density at radius 1 is 1.10 bits per heavy atom. The van der Waals surface area contributed by atoms with Gasteiger partial charge in [0.1, 0.15) is 5.82 Å². The molecule has 0 bridgehead atoms. The van der Waals surface area contributed by atoms with Crippen molar-refractivity contribution in [2.24, 2.45) is 0 Å². The molecule has 1 heterocycles. The van der Waals surface area contributed by atoms with Crippen LogP contribution in [0.1, 0.15) is 12.2 Å². The van der Waals surface area contributed by atoms with Crippen molar-refractivity contribution in [2.45, 2.75) is 17.7 Å². The van der Waals surface area contributed by atoms with Gasteiger partial charge in [0, 0.05) is 18.7 Å². The van der Waals surface area contributed by atoms with E-state index in [4.69, 9.17) is 22.9 Å². The van der Waals surface area contributed by atoms with Crippen LogP contribution in [0.25, 0.3) is 0 Å². The molecule has 17 heteroatoms. The first-order valence-corrected chi connectivity index (χ1v) is 12.2. The fourth-order valence-corrected chi connectivity index (χ4v) is 3.01. The zero-order valence-corrected chi connectivity index (χ0v) is 17.8. The average Bonchev–Trinajstić information content (AvgIpc) is 2.56. The quantitative estimate of drug-likeness (QED) is 0.259. The molecule has 5 N–H and O–H groups in total. The second-order valence-electron chi connectivity index (χ2n) is 5.54. The molecule has 0 spiro atoms. The van der Waals surface area contributed by atoms with Gasteiger partial charge in [-0.25, -0.2) is 13.1 Å². The van der Waals surface area contributed by atoms with Crippen LogP contribution in [0.15, 0.2) is 29.2 Å². The predicted molar refractivity (Wildman–Crippen MR) is 105 cm³/mol. The van der Waals surface area contributed by atoms with Gasteiger partial charge in [-0.2, -0.15) is 23.4 Å². The van der Waals surface area contributed by atoms with Crippen molar-refractivity contribution in [1.82, 2.24) is 19.7 Å². The molecule has 0 saturated carbocycles. The van der Waals surface area contributed by atoms with Gasteiger partial charge < -0.3 is 11.1 Å². The number of aromatic nitrogens is 3. The zero-order chi connectivity index (χ0) is 22.9. The molecule has 1 aromatic heterocycles. The number of anilines is 3. The summed E-state index contributed by atoms with van der Waals surface area (Å²) in [6, 6.07) is 5.45. The van der Waals surface area contributed by atoms with Crippen LogP contribution in [0.2, 0.25) is 0 Å². The van der Waals surface area contributed by atoms with Gasteiger partial charge in [-0.05, 0) is 24.6 Å². The highest BCUT2D eigenvalue weighted by Gasteiger charge is 2.11. The summed E-state index contributed by atoms with van der Waals surface area (Å²) in [4.78, 5) is 11.7. The van der Waals surface area contributed by atoms with Crippen LogP contribution < -0.4 is 15.8 Å². The molecule has 0 aliphatic rings. The third-order valence-corrected chi connectivity index (χ3v) is 4.61. The number of hydrogen-bond donors (Lipinski definition) is 4. The summed E-state index contributed by atoms with van der Waals surface area (Å²) >= 11 is 0. The molecule has 0 amide bonds. The number of sulfonamides is 1. The number of rotatable bonds is 8. The van der Waals surface area contributed by atoms with E-state index in [9.17, 15) is 16.8 Å². The maximum absolute atomic E-state index is 11.2. The van der Waals surface area contributed by atoms with Crippen LogP contribution in [0.3, 0.4) is 0 Å². The van der Waals surface area contributed by atoms with Crippen molar-refractivity contribution in [3.63, 3.8) is 0 Å². The lowest BCUT2D eigenvalue weighted by Crippen LogP contribution is -2.23. The smallest absolute Gasteiger partial charge is 0.368 e. The van der Waals surface area contributed by atoms with Gasteiger partial charge in [0.05, 0.1) is 11.2 Å². The van der Waals surface area contributed by atoms with Crippen molar-refractivity contribution in [2.75, 3.05) is 23.9 Å². The molecule has 0 aliphatic heterocycles. The molecule has 14 nitrogen and oxygen atoms in total. The highest BCUT2D eigenvalue weighted by Crippen LogP contribution is 2.18. The Morgan fingerprint density at radius 3 is 2.30 bits per heavy atom. The second-order valence-corrected chi connectivity index (χ2v) is 9.20. The summed E-state index contributed by atoms with van der Waals surface area (Å²) in [5.74, 6) is 0.400. The summed E-state index contributed by atoms with van der Waals surface area (Å²) in [6.07, 6.45) is 1.87. The molecule has 0 saturated heterocycles. The van der Waals surface area contributed by atoms with Gasteiger partial charge >= 0.3 is 10.6 Å². The third-order valence-electron chi connectivity index (χ3n) is 3.03. The molecule has 1 aromatic carbocycles. The van der Waals surface area contributed by atoms with Crippen molar-refractivity contribution in [3.05, 3.63) is 30.1 Å².